The predicted octanol–water partition coefficient (Wildman–Crippen LogP) is 4.36. The highest BCUT2D eigenvalue weighted by Crippen LogP contribution is 2.33. The molecule has 230 valence electrons. The smallest absolute Gasteiger partial charge is 0.251 e. The molecule has 5 N–H and O–H groups in total. The number of halogens is 1. The number of carbonyl (C=O) groups is 2. The third-order valence-electron chi connectivity index (χ3n) is 6.66. The van der Waals surface area contributed by atoms with Gasteiger partial charge in [0.2, 0.25) is 14.2 Å². The standard InChI is InChI=1S/C31H35ClN6O5Si/c1-19(33)38-27-13-12-23(42-2)15-25(27)29(20-8-10-22(32)11-9-20)37-26(30(38)34)16-28(39)35-17-43-24-7-5-6-21(14-24)31(40)36-18-44(3,4)41/h5-15,26,33-34,41H,16-18H2,1-4H3,(H,35,39)(H,36,40)/t26-/m0/s1. The van der Waals surface area contributed by atoms with Crippen LogP contribution in [0.1, 0.15) is 34.8 Å². The van der Waals surface area contributed by atoms with E-state index in [2.05, 4.69) is 10.6 Å². The molecule has 44 heavy (non-hydrogen) atoms. The Hall–Kier alpha value is -4.52. The Labute approximate surface area is 262 Å². The lowest BCUT2D eigenvalue weighted by molar-refractivity contribution is -0.122. The van der Waals surface area contributed by atoms with Crippen LogP contribution in [-0.2, 0) is 4.79 Å². The third kappa shape index (κ3) is 8.10. The number of benzodiazepines with no additional fused rings is 1. The molecular formula is C31H35ClN6O5Si. The number of anilines is 1. The van der Waals surface area contributed by atoms with Gasteiger partial charge in [0.15, 0.2) is 6.73 Å². The van der Waals surface area contributed by atoms with E-state index in [4.69, 9.17) is 36.9 Å². The highest BCUT2D eigenvalue weighted by atomic mass is 35.5. The summed E-state index contributed by atoms with van der Waals surface area (Å²) in [5, 5.41) is 23.4. The fourth-order valence-electron chi connectivity index (χ4n) is 4.51. The Kier molecular flexibility index (Phi) is 10.2. The molecule has 11 nitrogen and oxygen atoms in total. The summed E-state index contributed by atoms with van der Waals surface area (Å²) in [5.74, 6) is 0.259. The minimum Gasteiger partial charge on any atom is -0.497 e. The van der Waals surface area contributed by atoms with Crippen molar-refractivity contribution in [2.24, 2.45) is 4.99 Å². The molecule has 3 aromatic carbocycles. The van der Waals surface area contributed by atoms with Gasteiger partial charge >= 0.3 is 0 Å². The van der Waals surface area contributed by atoms with E-state index >= 15 is 0 Å². The summed E-state index contributed by atoms with van der Waals surface area (Å²) < 4.78 is 11.1. The minimum atomic E-state index is -2.45. The molecule has 0 saturated heterocycles. The zero-order valence-corrected chi connectivity index (χ0v) is 26.7. The lowest BCUT2D eigenvalue weighted by Crippen LogP contribution is -2.42. The van der Waals surface area contributed by atoms with E-state index in [1.807, 2.05) is 12.1 Å². The molecule has 0 spiro atoms. The van der Waals surface area contributed by atoms with Crippen molar-refractivity contribution < 1.29 is 23.9 Å². The molecule has 0 radical (unpaired) electrons. The molecule has 0 saturated carbocycles. The first-order valence-corrected chi connectivity index (χ1v) is 17.4. The zero-order chi connectivity index (χ0) is 32.0. The number of fused-ring (bicyclic) bond motifs is 1. The van der Waals surface area contributed by atoms with Gasteiger partial charge in [-0.1, -0.05) is 29.8 Å². The first-order chi connectivity index (χ1) is 20.9. The van der Waals surface area contributed by atoms with Crippen LogP contribution >= 0.6 is 11.6 Å². The Morgan fingerprint density at radius 1 is 1.07 bits per heavy atom. The van der Waals surface area contributed by atoms with Crippen LogP contribution < -0.4 is 25.0 Å². The van der Waals surface area contributed by atoms with E-state index in [0.717, 1.165) is 5.56 Å². The van der Waals surface area contributed by atoms with Gasteiger partial charge in [-0.15, -0.1) is 0 Å². The van der Waals surface area contributed by atoms with Crippen molar-refractivity contribution in [1.82, 2.24) is 10.6 Å². The number of methoxy groups -OCH3 is 1. The summed E-state index contributed by atoms with van der Waals surface area (Å²) >= 11 is 6.14. The first kappa shape index (κ1) is 32.4. The monoisotopic (exact) mass is 634 g/mol. The number of rotatable bonds is 10. The second kappa shape index (κ2) is 13.8. The van der Waals surface area contributed by atoms with Crippen molar-refractivity contribution in [3.05, 3.63) is 88.4 Å². The maximum atomic E-state index is 13.1. The Morgan fingerprint density at radius 2 is 1.80 bits per heavy atom. The number of carbonyl (C=O) groups excluding carboxylic acids is 2. The Bertz CT molecular complexity index is 1610. The molecule has 1 aliphatic rings. The van der Waals surface area contributed by atoms with Crippen LogP contribution in [0.25, 0.3) is 0 Å². The van der Waals surface area contributed by atoms with Crippen molar-refractivity contribution in [2.75, 3.05) is 24.9 Å². The predicted molar refractivity (Wildman–Crippen MR) is 174 cm³/mol. The fraction of sp³-hybridized carbons (Fsp3) is 0.258. The van der Waals surface area contributed by atoms with Crippen molar-refractivity contribution in [1.29, 1.82) is 10.8 Å². The van der Waals surface area contributed by atoms with E-state index < -0.39 is 20.3 Å². The third-order valence-corrected chi connectivity index (χ3v) is 7.95. The van der Waals surface area contributed by atoms with Gasteiger partial charge in [0.05, 0.1) is 24.9 Å². The summed E-state index contributed by atoms with van der Waals surface area (Å²) in [6, 6.07) is 18.0. The van der Waals surface area contributed by atoms with Crippen LogP contribution in [0.15, 0.2) is 71.7 Å². The number of nitrogens with one attached hydrogen (secondary N) is 4. The molecule has 1 aliphatic heterocycles. The molecule has 0 aromatic heterocycles. The second-order valence-electron chi connectivity index (χ2n) is 10.8. The number of aliphatic imine (C=N–C) groups is 1. The molecular weight excluding hydrogens is 600 g/mol. The van der Waals surface area contributed by atoms with E-state index in [1.54, 1.807) is 81.7 Å². The largest absolute Gasteiger partial charge is 0.497 e. The summed E-state index contributed by atoms with van der Waals surface area (Å²) in [4.78, 5) is 41.9. The van der Waals surface area contributed by atoms with Gasteiger partial charge < -0.3 is 24.9 Å². The van der Waals surface area contributed by atoms with Crippen LogP contribution in [0.4, 0.5) is 5.69 Å². The zero-order valence-electron chi connectivity index (χ0n) is 24.9. The van der Waals surface area contributed by atoms with Gasteiger partial charge in [-0.2, -0.15) is 0 Å². The molecule has 0 aliphatic carbocycles. The van der Waals surface area contributed by atoms with Gasteiger partial charge in [-0.05, 0) is 68.5 Å². The Morgan fingerprint density at radius 3 is 2.45 bits per heavy atom. The highest BCUT2D eigenvalue weighted by molar-refractivity contribution is 6.70. The summed E-state index contributed by atoms with van der Waals surface area (Å²) in [5.41, 5.74) is 2.82. The van der Waals surface area contributed by atoms with Crippen LogP contribution in [-0.4, -0.2) is 68.4 Å². The lowest BCUT2D eigenvalue weighted by atomic mass is 9.99. The number of amides is 2. The molecule has 13 heteroatoms. The topological polar surface area (TPSA) is 160 Å². The molecule has 3 aromatic rings. The molecule has 4 rings (SSSR count). The molecule has 1 heterocycles. The molecule has 0 fully saturated rings. The lowest BCUT2D eigenvalue weighted by Gasteiger charge is -2.26. The van der Waals surface area contributed by atoms with Crippen LogP contribution in [0.2, 0.25) is 18.1 Å². The van der Waals surface area contributed by atoms with E-state index in [9.17, 15) is 14.4 Å². The summed E-state index contributed by atoms with van der Waals surface area (Å²) in [6.07, 6.45) is 0.0381. The summed E-state index contributed by atoms with van der Waals surface area (Å²) in [6.45, 7) is 4.85. The van der Waals surface area contributed by atoms with Crippen molar-refractivity contribution in [3.63, 3.8) is 0 Å². The quantitative estimate of drug-likeness (QED) is 0.0964. The number of benzene rings is 3. The maximum absolute atomic E-state index is 13.1. The van der Waals surface area contributed by atoms with E-state index in [0.29, 0.717) is 39.0 Å². The molecule has 2 amide bonds. The van der Waals surface area contributed by atoms with Gasteiger partial charge in [-0.3, -0.25) is 30.3 Å². The van der Waals surface area contributed by atoms with Crippen LogP contribution in [0, 0.1) is 10.8 Å². The summed E-state index contributed by atoms with van der Waals surface area (Å²) in [7, 11) is -0.893. The minimum absolute atomic E-state index is 0.0308. The van der Waals surface area contributed by atoms with Gasteiger partial charge in [0.25, 0.3) is 5.91 Å². The van der Waals surface area contributed by atoms with Crippen molar-refractivity contribution in [3.8, 4) is 11.5 Å². The normalized spacial score (nSPS) is 14.6. The maximum Gasteiger partial charge on any atom is 0.251 e. The molecule has 0 unspecified atom stereocenters. The number of hydrogen-bond donors (Lipinski definition) is 5. The van der Waals surface area contributed by atoms with Crippen LogP contribution in [0.3, 0.4) is 0 Å². The number of hydrogen-bond acceptors (Lipinski definition) is 8. The molecule has 0 bridgehead atoms. The SMILES string of the molecule is COc1ccc2c(c1)C(c1ccc(Cl)cc1)=N[C@@H](CC(=O)NCOc1cccc(C(=O)NC[Si](C)(C)O)c1)C(=N)N2C(C)=N. The number of nitrogens with zero attached hydrogens (tertiary/aromatic N) is 2. The molecule has 1 atom stereocenters. The average Bonchev–Trinajstić information content (AvgIpc) is 3.09. The number of ether oxygens (including phenoxy) is 2. The van der Waals surface area contributed by atoms with Gasteiger partial charge in [0.1, 0.15) is 29.2 Å². The van der Waals surface area contributed by atoms with Crippen LogP contribution in [0.5, 0.6) is 11.5 Å². The van der Waals surface area contributed by atoms with E-state index in [-0.39, 0.29) is 36.9 Å². The Balaban J connectivity index is 1.53. The highest BCUT2D eigenvalue weighted by Gasteiger charge is 2.32. The van der Waals surface area contributed by atoms with Crippen molar-refractivity contribution >= 4 is 54.8 Å². The number of amidine groups is 2. The second-order valence-corrected chi connectivity index (χ2v) is 15.2. The van der Waals surface area contributed by atoms with E-state index in [1.165, 1.54) is 4.90 Å². The van der Waals surface area contributed by atoms with Gasteiger partial charge in [0, 0.05) is 27.9 Å². The van der Waals surface area contributed by atoms with Gasteiger partial charge in [-0.25, -0.2) is 0 Å². The first-order valence-electron chi connectivity index (χ1n) is 13.8. The fourth-order valence-corrected chi connectivity index (χ4v) is 5.23. The average molecular weight is 635 g/mol. The van der Waals surface area contributed by atoms with Crippen molar-refractivity contribution in [2.45, 2.75) is 32.5 Å².